The van der Waals surface area contributed by atoms with Crippen LogP contribution in [0.1, 0.15) is 41.3 Å². The van der Waals surface area contributed by atoms with Gasteiger partial charge >= 0.3 is 5.97 Å². The lowest BCUT2D eigenvalue weighted by molar-refractivity contribution is 0.0689. The highest BCUT2D eigenvalue weighted by Crippen LogP contribution is 2.41. The number of pyridine rings is 2. The molecule has 0 saturated carbocycles. The summed E-state index contributed by atoms with van der Waals surface area (Å²) >= 11 is 6.32. The molecule has 4 aromatic rings. The summed E-state index contributed by atoms with van der Waals surface area (Å²) in [5, 5.41) is 14.4. The van der Waals surface area contributed by atoms with E-state index in [1.54, 1.807) is 6.07 Å². The average Bonchev–Trinajstić information content (AvgIpc) is 3.53. The molecule has 0 amide bonds. The molecular weight excluding hydrogens is 460 g/mol. The molecule has 0 unspecified atom stereocenters. The summed E-state index contributed by atoms with van der Waals surface area (Å²) in [4.78, 5) is 20.6. The first-order valence-corrected chi connectivity index (χ1v) is 11.3. The first-order valence-electron chi connectivity index (χ1n) is 11.0. The number of fused-ring (bicyclic) bond motifs is 1. The van der Waals surface area contributed by atoms with E-state index in [0.29, 0.717) is 31.1 Å². The van der Waals surface area contributed by atoms with Crippen LogP contribution in [0.5, 0.6) is 5.88 Å². The first kappa shape index (κ1) is 22.4. The third kappa shape index (κ3) is 3.70. The van der Waals surface area contributed by atoms with E-state index in [0.717, 1.165) is 39.8 Å². The molecule has 5 rings (SSSR count). The molecule has 0 spiro atoms. The number of nitrogens with zero attached hydrogens (tertiary/aromatic N) is 4. The maximum Gasteiger partial charge on any atom is 0.356 e. The number of aromatic nitrogens is 4. The molecule has 1 fully saturated rings. The summed E-state index contributed by atoms with van der Waals surface area (Å²) in [7, 11) is 0. The average molecular weight is 483 g/mol. The van der Waals surface area contributed by atoms with Crippen LogP contribution in [0, 0.1) is 13.8 Å². The second-order valence-corrected chi connectivity index (χ2v) is 8.58. The van der Waals surface area contributed by atoms with Crippen molar-refractivity contribution in [3.05, 3.63) is 46.7 Å². The monoisotopic (exact) mass is 482 g/mol. The van der Waals surface area contributed by atoms with E-state index >= 15 is 0 Å². The zero-order valence-electron chi connectivity index (χ0n) is 19.0. The molecule has 0 radical (unpaired) electrons. The van der Waals surface area contributed by atoms with Gasteiger partial charge in [-0.3, -0.25) is 0 Å². The minimum absolute atomic E-state index is 0.0332. The van der Waals surface area contributed by atoms with Crippen molar-refractivity contribution in [1.82, 2.24) is 19.7 Å². The van der Waals surface area contributed by atoms with Gasteiger partial charge in [0.2, 0.25) is 5.88 Å². The summed E-state index contributed by atoms with van der Waals surface area (Å²) in [6.45, 7) is 7.16. The lowest BCUT2D eigenvalue weighted by Crippen LogP contribution is -2.08. The zero-order valence-corrected chi connectivity index (χ0v) is 19.7. The Morgan fingerprint density at radius 1 is 1.32 bits per heavy atom. The molecule has 1 aliphatic heterocycles. The number of halogens is 1. The SMILES string of the molecule is CCOc1nc(C(=O)O)c(Cl)cc1-c1cn([C@H]2CCOC2)c2ncc(-c3c(C)noc3C)cc12. The molecule has 1 aliphatic rings. The van der Waals surface area contributed by atoms with Crippen LogP contribution in [0.4, 0.5) is 0 Å². The van der Waals surface area contributed by atoms with Gasteiger partial charge in [0.05, 0.1) is 30.0 Å². The molecule has 176 valence electrons. The van der Waals surface area contributed by atoms with E-state index in [1.165, 1.54) is 0 Å². The second-order valence-electron chi connectivity index (χ2n) is 8.17. The minimum atomic E-state index is -1.22. The molecule has 4 aromatic heterocycles. The van der Waals surface area contributed by atoms with Crippen LogP contribution in [0.15, 0.2) is 29.0 Å². The van der Waals surface area contributed by atoms with Crippen LogP contribution in [0.25, 0.3) is 33.3 Å². The smallest absolute Gasteiger partial charge is 0.356 e. The molecule has 34 heavy (non-hydrogen) atoms. The van der Waals surface area contributed by atoms with Crippen molar-refractivity contribution in [2.45, 2.75) is 33.2 Å². The summed E-state index contributed by atoms with van der Waals surface area (Å²) in [6, 6.07) is 3.76. The molecule has 0 aromatic carbocycles. The fourth-order valence-corrected chi connectivity index (χ4v) is 4.69. The number of aromatic carboxylic acids is 1. The Bertz CT molecular complexity index is 1380. The third-order valence-electron chi connectivity index (χ3n) is 6.01. The summed E-state index contributed by atoms with van der Waals surface area (Å²) in [5.74, 6) is -0.312. The van der Waals surface area contributed by atoms with Crippen LogP contribution < -0.4 is 4.74 Å². The van der Waals surface area contributed by atoms with E-state index in [2.05, 4.69) is 14.7 Å². The molecule has 5 heterocycles. The molecule has 1 atom stereocenters. The fraction of sp³-hybridized carbons (Fsp3) is 0.333. The predicted octanol–water partition coefficient (Wildman–Crippen LogP) is 5.08. The highest BCUT2D eigenvalue weighted by molar-refractivity contribution is 6.33. The number of hydrogen-bond donors (Lipinski definition) is 1. The molecule has 0 aliphatic carbocycles. The number of carboxylic acid groups (broad SMARTS) is 1. The maximum atomic E-state index is 11.6. The number of aryl methyl sites for hydroxylation is 2. The Kier molecular flexibility index (Phi) is 5.75. The number of hydrogen-bond acceptors (Lipinski definition) is 7. The molecule has 1 saturated heterocycles. The van der Waals surface area contributed by atoms with Gasteiger partial charge in [0.1, 0.15) is 11.4 Å². The van der Waals surface area contributed by atoms with Gasteiger partial charge in [-0.2, -0.15) is 0 Å². The van der Waals surface area contributed by atoms with E-state index in [9.17, 15) is 9.90 Å². The largest absolute Gasteiger partial charge is 0.477 e. The summed E-state index contributed by atoms with van der Waals surface area (Å²) < 4.78 is 18.8. The van der Waals surface area contributed by atoms with Gasteiger partial charge in [0.15, 0.2) is 5.69 Å². The Balaban J connectivity index is 1.78. The number of carbonyl (C=O) groups is 1. The summed E-state index contributed by atoms with van der Waals surface area (Å²) in [6.07, 6.45) is 4.67. The summed E-state index contributed by atoms with van der Waals surface area (Å²) in [5.41, 5.74) is 4.44. The Labute approximate surface area is 200 Å². The maximum absolute atomic E-state index is 11.6. The molecule has 10 heteroatoms. The molecule has 0 bridgehead atoms. The standard InChI is InChI=1S/C24H23ClN4O5/c1-4-33-23-17(8-19(25)21(27-23)24(30)31)18-10-29(15-5-6-32-11-15)22-16(18)7-14(9-26-22)20-12(2)28-34-13(20)3/h7-10,15H,4-6,11H2,1-3H3,(H,30,31)/t15-/m0/s1. The highest BCUT2D eigenvalue weighted by Gasteiger charge is 2.26. The van der Waals surface area contributed by atoms with Crippen molar-refractivity contribution in [3.8, 4) is 28.1 Å². The van der Waals surface area contributed by atoms with Crippen LogP contribution in [0.2, 0.25) is 5.02 Å². The zero-order chi connectivity index (χ0) is 24.0. The van der Waals surface area contributed by atoms with Gasteiger partial charge in [-0.25, -0.2) is 14.8 Å². The van der Waals surface area contributed by atoms with Crippen molar-refractivity contribution < 1.29 is 23.9 Å². The Morgan fingerprint density at radius 3 is 2.79 bits per heavy atom. The van der Waals surface area contributed by atoms with Gasteiger partial charge < -0.3 is 23.7 Å². The fourth-order valence-electron chi connectivity index (χ4n) is 4.46. The normalized spacial score (nSPS) is 15.8. The lowest BCUT2D eigenvalue weighted by atomic mass is 10.0. The van der Waals surface area contributed by atoms with Crippen LogP contribution in [-0.2, 0) is 4.74 Å². The van der Waals surface area contributed by atoms with E-state index < -0.39 is 5.97 Å². The molecule has 1 N–H and O–H groups in total. The second kappa shape index (κ2) is 8.73. The quantitative estimate of drug-likeness (QED) is 0.404. The lowest BCUT2D eigenvalue weighted by Gasteiger charge is -2.11. The van der Waals surface area contributed by atoms with Crippen molar-refractivity contribution in [2.24, 2.45) is 0 Å². The van der Waals surface area contributed by atoms with Crippen LogP contribution in [0.3, 0.4) is 0 Å². The Morgan fingerprint density at radius 2 is 2.15 bits per heavy atom. The van der Waals surface area contributed by atoms with Crippen molar-refractivity contribution in [1.29, 1.82) is 0 Å². The number of ether oxygens (including phenoxy) is 2. The third-order valence-corrected chi connectivity index (χ3v) is 6.29. The van der Waals surface area contributed by atoms with Crippen molar-refractivity contribution in [2.75, 3.05) is 19.8 Å². The van der Waals surface area contributed by atoms with Gasteiger partial charge in [-0.05, 0) is 39.3 Å². The predicted molar refractivity (Wildman–Crippen MR) is 126 cm³/mol. The number of rotatable bonds is 6. The van der Waals surface area contributed by atoms with Crippen LogP contribution in [-0.4, -0.2) is 50.6 Å². The van der Waals surface area contributed by atoms with Gasteiger partial charge in [-0.15, -0.1) is 0 Å². The van der Waals surface area contributed by atoms with Gasteiger partial charge in [0.25, 0.3) is 0 Å². The van der Waals surface area contributed by atoms with E-state index in [4.69, 9.17) is 30.6 Å². The van der Waals surface area contributed by atoms with E-state index in [-0.39, 0.29) is 22.6 Å². The molecular formula is C24H23ClN4O5. The highest BCUT2D eigenvalue weighted by atomic mass is 35.5. The first-order chi connectivity index (χ1) is 16.4. The minimum Gasteiger partial charge on any atom is -0.477 e. The Hall–Kier alpha value is -3.43. The van der Waals surface area contributed by atoms with Crippen molar-refractivity contribution >= 4 is 28.6 Å². The van der Waals surface area contributed by atoms with Crippen LogP contribution >= 0.6 is 11.6 Å². The number of carboxylic acids is 1. The van der Waals surface area contributed by atoms with E-state index in [1.807, 2.05) is 39.2 Å². The van der Waals surface area contributed by atoms with Gasteiger partial charge in [0, 0.05) is 46.6 Å². The van der Waals surface area contributed by atoms with Gasteiger partial charge in [-0.1, -0.05) is 16.8 Å². The van der Waals surface area contributed by atoms with Crippen molar-refractivity contribution in [3.63, 3.8) is 0 Å². The molecule has 9 nitrogen and oxygen atoms in total. The topological polar surface area (TPSA) is 112 Å².